The van der Waals surface area contributed by atoms with E-state index in [0.29, 0.717) is 11.5 Å². The molecule has 0 heterocycles. The molecule has 0 aromatic heterocycles. The third-order valence-corrected chi connectivity index (χ3v) is 5.06. The molecule has 0 aliphatic carbocycles. The van der Waals surface area contributed by atoms with E-state index in [1.807, 2.05) is 38.1 Å². The number of halogens is 1. The quantitative estimate of drug-likeness (QED) is 0.709. The average molecular weight is 329 g/mol. The van der Waals surface area contributed by atoms with Gasteiger partial charge in [0.1, 0.15) is 11.5 Å². The largest absolute Gasteiger partial charge is 0.451 e. The van der Waals surface area contributed by atoms with E-state index in [-0.39, 0.29) is 0 Å². The van der Waals surface area contributed by atoms with Crippen molar-refractivity contribution in [1.82, 2.24) is 0 Å². The van der Waals surface area contributed by atoms with Crippen LogP contribution in [0.25, 0.3) is 0 Å². The second kappa shape index (κ2) is 6.59. The molecule has 0 amide bonds. The SMILES string of the molecule is Cc1ccc(OP(=S)(OCl)Oc2ccc(C)cc2)cc1. The van der Waals surface area contributed by atoms with Gasteiger partial charge in [0.05, 0.1) is 11.9 Å². The van der Waals surface area contributed by atoms with Gasteiger partial charge < -0.3 is 9.05 Å². The van der Waals surface area contributed by atoms with Gasteiger partial charge in [-0.05, 0) is 38.1 Å². The Hall–Kier alpha value is -1.06. The minimum atomic E-state index is -3.08. The molecule has 0 aliphatic heterocycles. The van der Waals surface area contributed by atoms with Crippen LogP contribution < -0.4 is 9.05 Å². The van der Waals surface area contributed by atoms with Crippen LogP contribution in [-0.2, 0) is 15.9 Å². The second-order valence-electron chi connectivity index (χ2n) is 4.32. The highest BCUT2D eigenvalue weighted by atomic mass is 35.5. The summed E-state index contributed by atoms with van der Waals surface area (Å²) in [6.07, 6.45) is 0. The fraction of sp³-hybridized carbons (Fsp3) is 0.143. The molecule has 0 N–H and O–H groups in total. The molecular weight excluding hydrogens is 315 g/mol. The van der Waals surface area contributed by atoms with E-state index in [9.17, 15) is 0 Å². The Morgan fingerprint density at radius 2 is 1.15 bits per heavy atom. The molecule has 0 atom stereocenters. The maximum Gasteiger partial charge on any atom is 0.451 e. The second-order valence-corrected chi connectivity index (χ2v) is 7.48. The summed E-state index contributed by atoms with van der Waals surface area (Å²) in [5.74, 6) is 1.12. The molecule has 0 bridgehead atoms. The van der Waals surface area contributed by atoms with Crippen molar-refractivity contribution in [3.8, 4) is 11.5 Å². The fourth-order valence-corrected chi connectivity index (χ4v) is 3.04. The molecular formula is C14H14ClO3PS. The predicted molar refractivity (Wildman–Crippen MR) is 84.8 cm³/mol. The van der Waals surface area contributed by atoms with E-state index in [4.69, 9.17) is 36.8 Å². The summed E-state index contributed by atoms with van der Waals surface area (Å²) in [5, 5.41) is 0. The van der Waals surface area contributed by atoms with Crippen molar-refractivity contribution in [3.05, 3.63) is 59.7 Å². The lowest BCUT2D eigenvalue weighted by Crippen LogP contribution is -2.00. The van der Waals surface area contributed by atoms with Gasteiger partial charge in [0, 0.05) is 11.8 Å². The minimum absolute atomic E-state index is 0.562. The maximum atomic E-state index is 5.59. The van der Waals surface area contributed by atoms with Crippen molar-refractivity contribution in [2.45, 2.75) is 13.8 Å². The van der Waals surface area contributed by atoms with Gasteiger partial charge in [-0.2, -0.15) is 4.08 Å². The Morgan fingerprint density at radius 1 is 0.800 bits per heavy atom. The Morgan fingerprint density at radius 3 is 1.45 bits per heavy atom. The zero-order valence-electron chi connectivity index (χ0n) is 11.1. The standard InChI is InChI=1S/C14H14ClO3PS/c1-11-3-7-13(8-4-11)16-19(20,18-15)17-14-9-5-12(2)6-10-14/h3-10H,1-2H3. The highest BCUT2D eigenvalue weighted by Crippen LogP contribution is 2.51. The normalized spacial score (nSPS) is 11.2. The molecule has 0 unspecified atom stereocenters. The first kappa shape index (κ1) is 15.3. The van der Waals surface area contributed by atoms with Gasteiger partial charge in [0.2, 0.25) is 0 Å². The molecule has 2 rings (SSSR count). The van der Waals surface area contributed by atoms with Crippen molar-refractivity contribution in [1.29, 1.82) is 0 Å². The molecule has 0 radical (unpaired) electrons. The third-order valence-electron chi connectivity index (χ3n) is 2.56. The van der Waals surface area contributed by atoms with Gasteiger partial charge in [-0.25, -0.2) is 0 Å². The molecule has 0 fully saturated rings. The predicted octanol–water partition coefficient (Wildman–Crippen LogP) is 5.16. The van der Waals surface area contributed by atoms with Crippen LogP contribution in [0.4, 0.5) is 0 Å². The topological polar surface area (TPSA) is 27.7 Å². The molecule has 2 aromatic rings. The number of rotatable bonds is 5. The fourth-order valence-electron chi connectivity index (χ4n) is 1.50. The smallest absolute Gasteiger partial charge is 0.415 e. The molecule has 0 spiro atoms. The van der Waals surface area contributed by atoms with Gasteiger partial charge in [-0.1, -0.05) is 35.4 Å². The highest BCUT2D eigenvalue weighted by molar-refractivity contribution is 8.08. The molecule has 3 nitrogen and oxygen atoms in total. The van der Waals surface area contributed by atoms with Gasteiger partial charge in [0.25, 0.3) is 0 Å². The first-order valence-corrected chi connectivity index (χ1v) is 8.80. The van der Waals surface area contributed by atoms with Gasteiger partial charge in [0.15, 0.2) is 0 Å². The van der Waals surface area contributed by atoms with Crippen molar-refractivity contribution >= 4 is 30.4 Å². The van der Waals surface area contributed by atoms with E-state index >= 15 is 0 Å². The summed E-state index contributed by atoms with van der Waals surface area (Å²) in [6.45, 7) is 0.898. The van der Waals surface area contributed by atoms with Gasteiger partial charge >= 0.3 is 6.72 Å². The first-order valence-electron chi connectivity index (χ1n) is 5.94. The van der Waals surface area contributed by atoms with Crippen LogP contribution in [0, 0.1) is 13.8 Å². The monoisotopic (exact) mass is 328 g/mol. The molecule has 6 heteroatoms. The van der Waals surface area contributed by atoms with E-state index in [1.54, 1.807) is 24.3 Å². The Balaban J connectivity index is 2.14. The van der Waals surface area contributed by atoms with Crippen LogP contribution in [0.3, 0.4) is 0 Å². The molecule has 106 valence electrons. The van der Waals surface area contributed by atoms with Gasteiger partial charge in [-0.3, -0.25) is 0 Å². The number of benzene rings is 2. The molecule has 0 aliphatic rings. The van der Waals surface area contributed by atoms with Crippen LogP contribution in [0.5, 0.6) is 11.5 Å². The maximum absolute atomic E-state index is 5.59. The summed E-state index contributed by atoms with van der Waals surface area (Å²) in [5.41, 5.74) is 2.24. The van der Waals surface area contributed by atoms with Crippen LogP contribution in [0.1, 0.15) is 11.1 Å². The van der Waals surface area contributed by atoms with Crippen molar-refractivity contribution < 1.29 is 13.1 Å². The minimum Gasteiger partial charge on any atom is -0.415 e. The van der Waals surface area contributed by atoms with Crippen LogP contribution in [0.2, 0.25) is 0 Å². The number of hydrogen-bond donors (Lipinski definition) is 0. The van der Waals surface area contributed by atoms with Crippen LogP contribution >= 0.6 is 18.6 Å². The summed E-state index contributed by atoms with van der Waals surface area (Å²) >= 11 is 10.7. The Labute approximate surface area is 128 Å². The van der Waals surface area contributed by atoms with Gasteiger partial charge in [-0.15, -0.1) is 0 Å². The average Bonchev–Trinajstić information content (AvgIpc) is 2.44. The molecule has 0 saturated carbocycles. The summed E-state index contributed by atoms with van der Waals surface area (Å²) in [7, 11) is 0. The third kappa shape index (κ3) is 4.22. The van der Waals surface area contributed by atoms with Crippen LogP contribution in [0.15, 0.2) is 48.5 Å². The van der Waals surface area contributed by atoms with E-state index in [2.05, 4.69) is 0 Å². The van der Waals surface area contributed by atoms with Crippen molar-refractivity contribution in [3.63, 3.8) is 0 Å². The first-order chi connectivity index (χ1) is 9.50. The summed E-state index contributed by atoms with van der Waals surface area (Å²) in [4.78, 5) is 0. The number of hydrogen-bond acceptors (Lipinski definition) is 4. The molecule has 20 heavy (non-hydrogen) atoms. The van der Waals surface area contributed by atoms with Crippen molar-refractivity contribution in [2.75, 3.05) is 0 Å². The Kier molecular flexibility index (Phi) is 5.06. The molecule has 0 saturated heterocycles. The lowest BCUT2D eigenvalue weighted by Gasteiger charge is -2.19. The zero-order valence-corrected chi connectivity index (χ0v) is 13.5. The lowest BCUT2D eigenvalue weighted by molar-refractivity contribution is 0.398. The van der Waals surface area contributed by atoms with Crippen molar-refractivity contribution in [2.24, 2.45) is 0 Å². The summed E-state index contributed by atoms with van der Waals surface area (Å²) < 4.78 is 15.9. The Bertz CT molecular complexity index is 562. The van der Waals surface area contributed by atoms with E-state index < -0.39 is 6.72 Å². The summed E-state index contributed by atoms with van der Waals surface area (Å²) in [6, 6.07) is 14.8. The molecule has 2 aromatic carbocycles. The lowest BCUT2D eigenvalue weighted by atomic mass is 10.2. The highest BCUT2D eigenvalue weighted by Gasteiger charge is 2.24. The van der Waals surface area contributed by atoms with E-state index in [1.165, 1.54) is 0 Å². The van der Waals surface area contributed by atoms with Crippen LogP contribution in [-0.4, -0.2) is 0 Å². The number of aryl methyl sites for hydroxylation is 2. The van der Waals surface area contributed by atoms with E-state index in [0.717, 1.165) is 11.1 Å². The zero-order chi connectivity index (χ0) is 14.6.